The van der Waals surface area contributed by atoms with E-state index in [1.807, 2.05) is 42.5 Å². The summed E-state index contributed by atoms with van der Waals surface area (Å²) in [4.78, 5) is 8.02. The van der Waals surface area contributed by atoms with Crippen LogP contribution in [-0.4, -0.2) is 59.2 Å². The lowest BCUT2D eigenvalue weighted by Crippen LogP contribution is -2.42. The Labute approximate surface area is 217 Å². The van der Waals surface area contributed by atoms with E-state index in [0.717, 1.165) is 71.8 Å². The third kappa shape index (κ3) is 6.77. The van der Waals surface area contributed by atoms with Gasteiger partial charge in [0.25, 0.3) is 0 Å². The summed E-state index contributed by atoms with van der Waals surface area (Å²) in [5, 5.41) is 31.1. The lowest BCUT2D eigenvalue weighted by atomic mass is 9.81. The third-order valence-corrected chi connectivity index (χ3v) is 8.29. The van der Waals surface area contributed by atoms with Crippen molar-refractivity contribution in [3.8, 4) is 11.8 Å². The zero-order valence-electron chi connectivity index (χ0n) is 20.8. The van der Waals surface area contributed by atoms with Crippen LogP contribution in [0.5, 0.6) is 5.75 Å². The maximum Gasteiger partial charge on any atom is 0.119 e. The average Bonchev–Trinajstić information content (AvgIpc) is 2.93. The summed E-state index contributed by atoms with van der Waals surface area (Å²) in [5.41, 5.74) is 2.44. The molecule has 3 aromatic rings. The molecule has 3 atom stereocenters. The van der Waals surface area contributed by atoms with Gasteiger partial charge in [-0.05, 0) is 104 Å². The minimum absolute atomic E-state index is 0.183. The van der Waals surface area contributed by atoms with Crippen molar-refractivity contribution < 1.29 is 14.9 Å². The number of hydrogen-bond donors (Lipinski definition) is 2. The van der Waals surface area contributed by atoms with Crippen LogP contribution in [0, 0.1) is 23.2 Å². The van der Waals surface area contributed by atoms with Crippen LogP contribution in [0.2, 0.25) is 0 Å². The number of aliphatic hydroxyl groups is 2. The minimum atomic E-state index is -0.573. The molecule has 1 fully saturated rings. The van der Waals surface area contributed by atoms with Crippen molar-refractivity contribution in [1.29, 1.82) is 5.26 Å². The van der Waals surface area contributed by atoms with Crippen molar-refractivity contribution in [2.45, 2.75) is 36.7 Å². The number of ether oxygens (including phenoxy) is 1. The molecule has 0 saturated carbocycles. The first-order valence-electron chi connectivity index (χ1n) is 12.7. The van der Waals surface area contributed by atoms with Gasteiger partial charge in [-0.25, -0.2) is 0 Å². The van der Waals surface area contributed by atoms with Crippen molar-refractivity contribution in [2.75, 3.05) is 39.1 Å². The van der Waals surface area contributed by atoms with Crippen molar-refractivity contribution in [3.05, 3.63) is 65.9 Å². The summed E-state index contributed by atoms with van der Waals surface area (Å²) in [6.07, 6.45) is 4.84. The highest BCUT2D eigenvalue weighted by Crippen LogP contribution is 2.33. The van der Waals surface area contributed by atoms with Gasteiger partial charge < -0.3 is 19.8 Å². The Balaban J connectivity index is 1.25. The van der Waals surface area contributed by atoms with E-state index in [9.17, 15) is 10.2 Å². The van der Waals surface area contributed by atoms with Gasteiger partial charge in [-0.2, -0.15) is 5.26 Å². The predicted molar refractivity (Wildman–Crippen MR) is 144 cm³/mol. The first-order valence-corrected chi connectivity index (χ1v) is 13.7. The highest BCUT2D eigenvalue weighted by Gasteiger charge is 2.29. The molecule has 2 N–H and O–H groups in total. The Morgan fingerprint density at radius 2 is 2.11 bits per heavy atom. The molecule has 1 aromatic heterocycles. The Hall–Kier alpha value is -2.63. The van der Waals surface area contributed by atoms with Gasteiger partial charge in [0.2, 0.25) is 0 Å². The van der Waals surface area contributed by atoms with Gasteiger partial charge in [-0.3, -0.25) is 4.98 Å². The number of aliphatic hydroxyl groups excluding tert-OH is 2. The molecule has 190 valence electrons. The number of likely N-dealkylation sites (tertiary alicyclic amines) is 1. The second-order valence-corrected chi connectivity index (χ2v) is 10.7. The molecule has 4 rings (SSSR count). The molecule has 0 amide bonds. The van der Waals surface area contributed by atoms with Crippen molar-refractivity contribution in [2.24, 2.45) is 11.8 Å². The van der Waals surface area contributed by atoms with E-state index >= 15 is 0 Å². The van der Waals surface area contributed by atoms with Gasteiger partial charge in [0, 0.05) is 29.6 Å². The Kier molecular flexibility index (Phi) is 9.60. The molecule has 0 radical (unpaired) electrons. The molecule has 1 saturated heterocycles. The van der Waals surface area contributed by atoms with Crippen LogP contribution in [-0.2, 0) is 0 Å². The third-order valence-electron chi connectivity index (χ3n) is 7.21. The van der Waals surface area contributed by atoms with Gasteiger partial charge in [0.05, 0.1) is 30.4 Å². The smallest absolute Gasteiger partial charge is 0.119 e. The molecule has 2 aromatic carbocycles. The summed E-state index contributed by atoms with van der Waals surface area (Å²) in [5.74, 6) is 2.41. The van der Waals surface area contributed by atoms with Gasteiger partial charge in [0.1, 0.15) is 5.75 Å². The molecule has 7 heteroatoms. The predicted octanol–water partition coefficient (Wildman–Crippen LogP) is 5.04. The number of nitrogens with zero attached hydrogens (tertiary/aromatic N) is 3. The quantitative estimate of drug-likeness (QED) is 0.279. The van der Waals surface area contributed by atoms with Gasteiger partial charge in [0.15, 0.2) is 0 Å². The SMILES string of the molecule is COc1ccc2nccc(C(O)CC[C@@H]3CCN(CCCSc4cccc(C#N)c4)C[C@@H]3CO)c2c1. The Morgan fingerprint density at radius 3 is 2.92 bits per heavy atom. The summed E-state index contributed by atoms with van der Waals surface area (Å²) >= 11 is 1.79. The fourth-order valence-corrected chi connectivity index (χ4v) is 6.07. The topological polar surface area (TPSA) is 89.6 Å². The molecular weight excluding hydrogens is 470 g/mol. The Morgan fingerprint density at radius 1 is 1.22 bits per heavy atom. The zero-order chi connectivity index (χ0) is 25.3. The van der Waals surface area contributed by atoms with E-state index in [1.165, 1.54) is 0 Å². The fourth-order valence-electron chi connectivity index (χ4n) is 5.17. The number of nitriles is 1. The number of pyridine rings is 1. The number of hydrogen-bond acceptors (Lipinski definition) is 7. The van der Waals surface area contributed by atoms with E-state index in [1.54, 1.807) is 25.1 Å². The molecule has 1 aliphatic heterocycles. The second kappa shape index (κ2) is 13.1. The van der Waals surface area contributed by atoms with E-state index < -0.39 is 6.10 Å². The van der Waals surface area contributed by atoms with Crippen LogP contribution < -0.4 is 4.74 Å². The number of thioether (sulfide) groups is 1. The van der Waals surface area contributed by atoms with Crippen LogP contribution >= 0.6 is 11.8 Å². The molecule has 6 nitrogen and oxygen atoms in total. The summed E-state index contributed by atoms with van der Waals surface area (Å²) in [7, 11) is 1.64. The number of piperidine rings is 1. The molecule has 0 bridgehead atoms. The van der Waals surface area contributed by atoms with Crippen molar-refractivity contribution in [3.63, 3.8) is 0 Å². The van der Waals surface area contributed by atoms with Crippen LogP contribution in [0.25, 0.3) is 10.9 Å². The number of aromatic nitrogens is 1. The van der Waals surface area contributed by atoms with Crippen LogP contribution in [0.3, 0.4) is 0 Å². The molecule has 0 aliphatic carbocycles. The van der Waals surface area contributed by atoms with E-state index in [-0.39, 0.29) is 12.5 Å². The number of rotatable bonds is 11. The van der Waals surface area contributed by atoms with Crippen LogP contribution in [0.15, 0.2) is 59.6 Å². The largest absolute Gasteiger partial charge is 0.497 e. The minimum Gasteiger partial charge on any atom is -0.497 e. The Bertz CT molecular complexity index is 1180. The normalized spacial score (nSPS) is 19.2. The first kappa shape index (κ1) is 26.4. The summed E-state index contributed by atoms with van der Waals surface area (Å²) < 4.78 is 5.36. The summed E-state index contributed by atoms with van der Waals surface area (Å²) in [6, 6.07) is 17.6. The summed E-state index contributed by atoms with van der Waals surface area (Å²) in [6.45, 7) is 3.13. The highest BCUT2D eigenvalue weighted by atomic mass is 32.2. The zero-order valence-corrected chi connectivity index (χ0v) is 21.7. The monoisotopic (exact) mass is 505 g/mol. The number of fused-ring (bicyclic) bond motifs is 1. The highest BCUT2D eigenvalue weighted by molar-refractivity contribution is 7.99. The van der Waals surface area contributed by atoms with Gasteiger partial charge in [-0.1, -0.05) is 6.07 Å². The first-order chi connectivity index (χ1) is 17.6. The van der Waals surface area contributed by atoms with Crippen molar-refractivity contribution in [1.82, 2.24) is 9.88 Å². The maximum absolute atomic E-state index is 11.0. The average molecular weight is 506 g/mol. The number of benzene rings is 2. The standard InChI is InChI=1S/C29H35N3O3S/c1-35-24-7-8-28-27(17-24)26(10-12-31-28)29(34)9-6-22-11-14-32(19-23(22)20-33)13-3-15-36-25-5-2-4-21(16-25)18-30/h2,4-5,7-8,10,12,16-17,22-23,29,33-34H,3,6,9,11,13-15,19-20H2,1H3/t22-,23-,29?/m1/s1. The maximum atomic E-state index is 11.0. The molecule has 1 aliphatic rings. The lowest BCUT2D eigenvalue weighted by molar-refractivity contribution is 0.0581. The number of methoxy groups -OCH3 is 1. The van der Waals surface area contributed by atoms with E-state index in [4.69, 9.17) is 10.00 Å². The lowest BCUT2D eigenvalue weighted by Gasteiger charge is -2.38. The van der Waals surface area contributed by atoms with E-state index in [2.05, 4.69) is 22.0 Å². The fraction of sp³-hybridized carbons (Fsp3) is 0.448. The second-order valence-electron chi connectivity index (χ2n) is 9.51. The van der Waals surface area contributed by atoms with Crippen molar-refractivity contribution >= 4 is 22.7 Å². The molecule has 36 heavy (non-hydrogen) atoms. The van der Waals surface area contributed by atoms with Gasteiger partial charge >= 0.3 is 0 Å². The van der Waals surface area contributed by atoms with Crippen LogP contribution in [0.1, 0.15) is 42.9 Å². The molecule has 2 heterocycles. The molecular formula is C29H35N3O3S. The molecule has 0 spiro atoms. The molecule has 1 unspecified atom stereocenters. The van der Waals surface area contributed by atoms with Crippen LogP contribution in [0.4, 0.5) is 0 Å². The van der Waals surface area contributed by atoms with Gasteiger partial charge in [-0.15, -0.1) is 11.8 Å². The van der Waals surface area contributed by atoms with E-state index in [0.29, 0.717) is 17.9 Å².